The molecule has 0 aliphatic rings. The largest absolute Gasteiger partial charge is 0.478 e. The number of carboxylic acid groups (broad SMARTS) is 1. The number of hydrogen-bond acceptors (Lipinski definition) is 6. The second kappa shape index (κ2) is 7.38. The fraction of sp³-hybridized carbons (Fsp3) is 0.200. The van der Waals surface area contributed by atoms with Crippen LogP contribution < -0.4 is 17.1 Å². The number of nitrogens with one attached hydrogen (secondary N) is 1. The minimum absolute atomic E-state index is 0.0566. The maximum Gasteiger partial charge on any atom is 0.335 e. The van der Waals surface area contributed by atoms with E-state index >= 15 is 0 Å². The first-order chi connectivity index (χ1) is 11.4. The number of H-pyrrole nitrogens is 1. The maximum absolute atomic E-state index is 12.0. The van der Waals surface area contributed by atoms with Gasteiger partial charge in [0, 0.05) is 12.3 Å². The molecule has 0 saturated heterocycles. The lowest BCUT2D eigenvalue weighted by Crippen LogP contribution is -2.34. The van der Waals surface area contributed by atoms with Gasteiger partial charge >= 0.3 is 17.6 Å². The number of nitrogens with two attached hydrogens (primary N) is 1. The number of aromatic carboxylic acids is 1. The van der Waals surface area contributed by atoms with Crippen molar-refractivity contribution in [1.82, 2.24) is 9.55 Å². The number of benzene rings is 1. The third kappa shape index (κ3) is 3.96. The molecule has 0 spiro atoms. The number of carbonyl (C=O) groups is 2. The minimum Gasteiger partial charge on any atom is -0.478 e. The van der Waals surface area contributed by atoms with Crippen LogP contribution in [0.1, 0.15) is 28.4 Å². The maximum atomic E-state index is 12.0. The minimum atomic E-state index is -1.13. The molecule has 9 nitrogen and oxygen atoms in total. The van der Waals surface area contributed by atoms with E-state index in [1.165, 1.54) is 12.3 Å². The van der Waals surface area contributed by atoms with Crippen molar-refractivity contribution in [3.63, 3.8) is 0 Å². The van der Waals surface area contributed by atoms with E-state index in [0.717, 1.165) is 10.6 Å². The van der Waals surface area contributed by atoms with Gasteiger partial charge in [0.25, 0.3) is 5.56 Å². The van der Waals surface area contributed by atoms with Gasteiger partial charge in [-0.05, 0) is 18.1 Å². The molecule has 0 unspecified atom stereocenters. The zero-order valence-electron chi connectivity index (χ0n) is 12.5. The van der Waals surface area contributed by atoms with Crippen molar-refractivity contribution in [2.45, 2.75) is 18.9 Å². The summed E-state index contributed by atoms with van der Waals surface area (Å²) < 4.78 is 1.14. The number of rotatable bonds is 6. The summed E-state index contributed by atoms with van der Waals surface area (Å²) >= 11 is 0. The average molecular weight is 333 g/mol. The van der Waals surface area contributed by atoms with Crippen LogP contribution in [-0.2, 0) is 16.1 Å². The van der Waals surface area contributed by atoms with Crippen LogP contribution >= 0.6 is 0 Å². The Bertz CT molecular complexity index is 870. The zero-order chi connectivity index (χ0) is 17.7. The van der Waals surface area contributed by atoms with E-state index in [4.69, 9.17) is 5.90 Å². The first-order valence-electron chi connectivity index (χ1n) is 6.94. The Morgan fingerprint density at radius 2 is 1.96 bits per heavy atom. The van der Waals surface area contributed by atoms with Crippen molar-refractivity contribution in [2.75, 3.05) is 0 Å². The molecule has 0 aliphatic carbocycles. The van der Waals surface area contributed by atoms with Gasteiger partial charge in [0.2, 0.25) is 0 Å². The van der Waals surface area contributed by atoms with E-state index in [2.05, 4.69) is 9.82 Å². The molecule has 0 amide bonds. The van der Waals surface area contributed by atoms with Gasteiger partial charge in [-0.3, -0.25) is 19.1 Å². The van der Waals surface area contributed by atoms with Crippen LogP contribution in [0.15, 0.2) is 46.1 Å². The van der Waals surface area contributed by atoms with Gasteiger partial charge in [0.05, 0.1) is 18.0 Å². The molecule has 9 heteroatoms. The summed E-state index contributed by atoms with van der Waals surface area (Å²) in [7, 11) is 0. The van der Waals surface area contributed by atoms with Gasteiger partial charge in [-0.25, -0.2) is 9.59 Å². The van der Waals surface area contributed by atoms with Crippen LogP contribution in [0.4, 0.5) is 0 Å². The molecule has 24 heavy (non-hydrogen) atoms. The summed E-state index contributed by atoms with van der Waals surface area (Å²) in [5.41, 5.74) is -0.813. The molecule has 2 rings (SSSR count). The topological polar surface area (TPSA) is 144 Å². The molecule has 1 heterocycles. The standard InChI is InChI=1S/C15H15N3O6/c16-24-13(20)8-10(18-6-5-12(19)17-15(18)23)7-9-3-1-2-4-11(9)14(21)22/h1-6,10H,7-8,16H2,(H,21,22)(H,17,19,23)/t10-/m0/s1. The predicted molar refractivity (Wildman–Crippen MR) is 82.4 cm³/mol. The lowest BCUT2D eigenvalue weighted by atomic mass is 9.98. The monoisotopic (exact) mass is 333 g/mol. The SMILES string of the molecule is NOC(=O)C[C@H](Cc1ccccc1C(=O)O)n1ccc(=O)[nH]c1=O. The quantitative estimate of drug-likeness (QED) is 0.622. The van der Waals surface area contributed by atoms with Gasteiger partial charge in [0.15, 0.2) is 0 Å². The van der Waals surface area contributed by atoms with Gasteiger partial charge in [0.1, 0.15) is 0 Å². The Kier molecular flexibility index (Phi) is 5.27. The molecule has 1 aromatic carbocycles. The van der Waals surface area contributed by atoms with Gasteiger partial charge in [-0.15, -0.1) is 0 Å². The summed E-state index contributed by atoms with van der Waals surface area (Å²) in [6.07, 6.45) is 1.03. The Balaban J connectivity index is 2.44. The Morgan fingerprint density at radius 1 is 1.25 bits per heavy atom. The first kappa shape index (κ1) is 17.2. The van der Waals surface area contributed by atoms with Crippen LogP contribution in [0.5, 0.6) is 0 Å². The van der Waals surface area contributed by atoms with Gasteiger partial charge in [-0.2, -0.15) is 5.90 Å². The van der Waals surface area contributed by atoms with E-state index in [1.54, 1.807) is 18.2 Å². The number of carbonyl (C=O) groups excluding carboxylic acids is 1. The molecule has 126 valence electrons. The van der Waals surface area contributed by atoms with Crippen molar-refractivity contribution < 1.29 is 19.5 Å². The molecule has 0 bridgehead atoms. The number of hydrogen-bond donors (Lipinski definition) is 3. The van der Waals surface area contributed by atoms with Crippen LogP contribution in [-0.4, -0.2) is 26.6 Å². The summed E-state index contributed by atoms with van der Waals surface area (Å²) in [5, 5.41) is 9.24. The first-order valence-corrected chi connectivity index (χ1v) is 6.94. The van der Waals surface area contributed by atoms with Crippen molar-refractivity contribution in [2.24, 2.45) is 5.90 Å². The molecule has 1 aromatic heterocycles. The second-order valence-electron chi connectivity index (χ2n) is 5.03. The van der Waals surface area contributed by atoms with E-state index in [-0.39, 0.29) is 18.4 Å². The molecule has 4 N–H and O–H groups in total. The average Bonchev–Trinajstić information content (AvgIpc) is 2.54. The van der Waals surface area contributed by atoms with Gasteiger partial charge < -0.3 is 9.94 Å². The van der Waals surface area contributed by atoms with E-state index < -0.39 is 29.2 Å². The lowest BCUT2D eigenvalue weighted by molar-refractivity contribution is -0.145. The van der Waals surface area contributed by atoms with Crippen LogP contribution in [0.3, 0.4) is 0 Å². The summed E-state index contributed by atoms with van der Waals surface area (Å²) in [5.74, 6) is 2.95. The van der Waals surface area contributed by atoms with Gasteiger partial charge in [-0.1, -0.05) is 18.2 Å². The highest BCUT2D eigenvalue weighted by Gasteiger charge is 2.21. The smallest absolute Gasteiger partial charge is 0.335 e. The second-order valence-corrected chi connectivity index (χ2v) is 5.03. The molecular weight excluding hydrogens is 318 g/mol. The van der Waals surface area contributed by atoms with E-state index in [0.29, 0.717) is 5.56 Å². The molecule has 1 atom stereocenters. The van der Waals surface area contributed by atoms with Crippen LogP contribution in [0.25, 0.3) is 0 Å². The highest BCUT2D eigenvalue weighted by molar-refractivity contribution is 5.89. The predicted octanol–water partition coefficient (Wildman–Crippen LogP) is -0.174. The molecular formula is C15H15N3O6. The summed E-state index contributed by atoms with van der Waals surface area (Å²) in [6, 6.07) is 6.58. The fourth-order valence-electron chi connectivity index (χ4n) is 2.39. The fourth-order valence-corrected chi connectivity index (χ4v) is 2.39. The molecule has 0 fully saturated rings. The van der Waals surface area contributed by atoms with Crippen LogP contribution in [0.2, 0.25) is 0 Å². The van der Waals surface area contributed by atoms with Crippen molar-refractivity contribution >= 4 is 11.9 Å². The summed E-state index contributed by atoms with van der Waals surface area (Å²) in [6.45, 7) is 0. The van der Waals surface area contributed by atoms with Crippen LogP contribution in [0, 0.1) is 0 Å². The Morgan fingerprint density at radius 3 is 2.58 bits per heavy atom. The van der Waals surface area contributed by atoms with E-state index in [1.807, 2.05) is 0 Å². The number of aromatic nitrogens is 2. The number of aromatic amines is 1. The molecule has 0 aliphatic heterocycles. The van der Waals surface area contributed by atoms with Crippen molar-refractivity contribution in [3.05, 3.63) is 68.5 Å². The highest BCUT2D eigenvalue weighted by Crippen LogP contribution is 2.20. The van der Waals surface area contributed by atoms with E-state index in [9.17, 15) is 24.3 Å². The normalized spacial score (nSPS) is 11.7. The third-order valence-corrected chi connectivity index (χ3v) is 3.48. The molecule has 0 radical (unpaired) electrons. The number of nitrogens with zero attached hydrogens (tertiary/aromatic N) is 1. The molecule has 0 saturated carbocycles. The lowest BCUT2D eigenvalue weighted by Gasteiger charge is -2.19. The molecule has 2 aromatic rings. The van der Waals surface area contributed by atoms with Crippen molar-refractivity contribution in [3.8, 4) is 0 Å². The Labute approximate surface area is 135 Å². The third-order valence-electron chi connectivity index (χ3n) is 3.48. The Hall–Kier alpha value is -3.20. The highest BCUT2D eigenvalue weighted by atomic mass is 16.7. The van der Waals surface area contributed by atoms with Crippen molar-refractivity contribution in [1.29, 1.82) is 0 Å². The summed E-state index contributed by atoms with van der Waals surface area (Å²) in [4.78, 5) is 52.2. The number of carboxylic acids is 1. The zero-order valence-corrected chi connectivity index (χ0v) is 12.5.